The summed E-state index contributed by atoms with van der Waals surface area (Å²) < 4.78 is 83.0. The molecular formula is C72H78F10N6S2. The quantitative estimate of drug-likeness (QED) is 0.0372. The zero-order valence-corrected chi connectivity index (χ0v) is 53.6. The number of alkyl halides is 2. The SMILES string of the molecule is C.CF.CF.FF.FF.FF.FF.[C-]#[N+]/C(C#N)=C(\C=CC1=C(C)C(C)=C(C=Cc2ccc(N(CC)CC)cc2)C1)c1ccccc1.[C-]#[N+]/C(C#N)=C(\C=Cc1sc(C=Cc2sc(C=Cc3ccc(N(CC)CC)cc3)c(C)c2C)c(C)c1C)c1ccccc1. The third kappa shape index (κ3) is 24.4. The molecule has 0 atom stereocenters. The summed E-state index contributed by atoms with van der Waals surface area (Å²) >= 11 is 3.55. The lowest BCUT2D eigenvalue weighted by Crippen LogP contribution is -2.21. The lowest BCUT2D eigenvalue weighted by molar-refractivity contribution is 0.108. The molecule has 478 valence electrons. The van der Waals surface area contributed by atoms with Crippen LogP contribution in [0.25, 0.3) is 57.3 Å². The van der Waals surface area contributed by atoms with Crippen LogP contribution in [0, 0.1) is 63.5 Å². The Morgan fingerprint density at radius 1 is 0.444 bits per heavy atom. The maximum Gasteiger partial charge on any atom is 0.269 e. The number of benzene rings is 4. The van der Waals surface area contributed by atoms with E-state index in [0.717, 1.165) is 48.6 Å². The molecule has 2 aromatic heterocycles. The van der Waals surface area contributed by atoms with Crippen molar-refractivity contribution in [3.05, 3.63) is 254 Å². The van der Waals surface area contributed by atoms with Gasteiger partial charge in [0.05, 0.1) is 39.6 Å². The van der Waals surface area contributed by atoms with Crippen molar-refractivity contribution in [2.45, 2.75) is 83.1 Å². The average molecular weight is 1280 g/mol. The van der Waals surface area contributed by atoms with Gasteiger partial charge in [-0.05, 0) is 202 Å². The second-order valence-corrected chi connectivity index (χ2v) is 20.7. The summed E-state index contributed by atoms with van der Waals surface area (Å²) in [6.45, 7) is 40.6. The van der Waals surface area contributed by atoms with Crippen LogP contribution in [-0.2, 0) is 0 Å². The van der Waals surface area contributed by atoms with Crippen LogP contribution in [0.4, 0.5) is 56.7 Å². The molecule has 0 unspecified atom stereocenters. The third-order valence-corrected chi connectivity index (χ3v) is 16.9. The van der Waals surface area contributed by atoms with Gasteiger partial charge in [-0.25, -0.2) is 20.2 Å². The van der Waals surface area contributed by atoms with Gasteiger partial charge >= 0.3 is 0 Å². The van der Waals surface area contributed by atoms with E-state index in [-0.39, 0.29) is 18.8 Å². The molecule has 7 rings (SSSR count). The van der Waals surface area contributed by atoms with Gasteiger partial charge in [-0.15, -0.1) is 22.7 Å². The van der Waals surface area contributed by atoms with E-state index in [2.05, 4.69) is 186 Å². The molecule has 18 heteroatoms. The number of allylic oxidation sites excluding steroid dienone is 12. The topological polar surface area (TPSA) is 62.8 Å². The number of hydrogen-bond donors (Lipinski definition) is 0. The van der Waals surface area contributed by atoms with Crippen LogP contribution in [0.15, 0.2) is 167 Å². The highest BCUT2D eigenvalue weighted by Gasteiger charge is 2.17. The fourth-order valence-electron chi connectivity index (χ4n) is 9.02. The van der Waals surface area contributed by atoms with E-state index in [0.29, 0.717) is 25.5 Å². The molecular weight excluding hydrogens is 1200 g/mol. The van der Waals surface area contributed by atoms with Crippen LogP contribution in [0.3, 0.4) is 0 Å². The van der Waals surface area contributed by atoms with Gasteiger partial charge in [0.15, 0.2) is 0 Å². The Hall–Kier alpha value is -9.20. The molecule has 0 saturated heterocycles. The lowest BCUT2D eigenvalue weighted by Gasteiger charge is -2.20. The van der Waals surface area contributed by atoms with Crippen LogP contribution in [0.1, 0.15) is 119 Å². The first-order valence-electron chi connectivity index (χ1n) is 27.5. The molecule has 1 aliphatic rings. The first kappa shape index (κ1) is 82.9. The number of rotatable bonds is 18. The molecule has 6 aromatic rings. The molecule has 0 amide bonds. The molecule has 0 fully saturated rings. The number of halogens is 10. The standard InChI is InChI=1S/C38H37N3S2.C31H31N3.2CH3F.CH4.4F2/c1-8-41(9-2)32-18-15-30(16-19-32)17-21-35-26(3)28(5)37(42-35)23-24-38-29(6)27(4)36(43-38)22-20-33(34(25-39)40-7)31-13-11-10-12-14-31;1-6-34(7-2)29-18-14-25(15-19-29)13-16-27-21-28(24(4)23(27)3)17-20-30(31(22-32)33-5)26-11-9-8-10-12-26;2*1-2;;4*1-2/h10-24H,8-9H2,1-6H3;8-20H,6-7,21H2,1-4H3;2*1H3;1H4;;;;/b21-17?,22-20?,24-23?,34-33+;16-13?,20-17?,31-30+;;;;;;;. The van der Waals surface area contributed by atoms with Gasteiger partial charge in [0, 0.05) is 93.7 Å². The van der Waals surface area contributed by atoms with Gasteiger partial charge in [-0.1, -0.05) is 129 Å². The number of nitrogens with zero attached hydrogens (tertiary/aromatic N) is 6. The Morgan fingerprint density at radius 3 is 1.04 bits per heavy atom. The molecule has 0 bridgehead atoms. The molecule has 0 N–H and O–H groups in total. The summed E-state index contributed by atoms with van der Waals surface area (Å²) in [6.07, 6.45) is 22.0. The van der Waals surface area contributed by atoms with Crippen molar-refractivity contribution in [2.75, 3.05) is 50.3 Å². The van der Waals surface area contributed by atoms with Crippen LogP contribution >= 0.6 is 22.7 Å². The molecule has 0 radical (unpaired) electrons. The van der Waals surface area contributed by atoms with Crippen molar-refractivity contribution < 1.29 is 45.4 Å². The Labute approximate surface area is 534 Å². The fourth-order valence-corrected chi connectivity index (χ4v) is 11.3. The van der Waals surface area contributed by atoms with E-state index in [4.69, 9.17) is 49.7 Å². The van der Waals surface area contributed by atoms with Crippen molar-refractivity contribution in [2.24, 2.45) is 0 Å². The molecule has 90 heavy (non-hydrogen) atoms. The minimum absolute atomic E-state index is 0. The smallest absolute Gasteiger partial charge is 0.269 e. The Bertz CT molecular complexity index is 3510. The van der Waals surface area contributed by atoms with E-state index >= 15 is 0 Å². The zero-order valence-electron chi connectivity index (χ0n) is 52.0. The Balaban J connectivity index is 0. The first-order valence-corrected chi connectivity index (χ1v) is 29.1. The van der Waals surface area contributed by atoms with Crippen molar-refractivity contribution in [1.82, 2.24) is 0 Å². The minimum Gasteiger partial charge on any atom is -0.372 e. The highest BCUT2D eigenvalue weighted by Crippen LogP contribution is 2.37. The van der Waals surface area contributed by atoms with Gasteiger partial charge in [-0.2, -0.15) is 0 Å². The van der Waals surface area contributed by atoms with Crippen LogP contribution in [0.2, 0.25) is 0 Å². The Morgan fingerprint density at radius 2 is 0.733 bits per heavy atom. The van der Waals surface area contributed by atoms with Crippen molar-refractivity contribution in [1.29, 1.82) is 10.5 Å². The van der Waals surface area contributed by atoms with E-state index in [1.165, 1.54) is 81.7 Å². The zero-order chi connectivity index (χ0) is 67.4. The molecule has 1 aliphatic carbocycles. The summed E-state index contributed by atoms with van der Waals surface area (Å²) in [5, 5.41) is 19.0. The van der Waals surface area contributed by atoms with Crippen LogP contribution in [-0.4, -0.2) is 40.5 Å². The molecule has 0 aliphatic heterocycles. The van der Waals surface area contributed by atoms with E-state index < -0.39 is 0 Å². The van der Waals surface area contributed by atoms with E-state index in [1.54, 1.807) is 11.3 Å². The summed E-state index contributed by atoms with van der Waals surface area (Å²) in [4.78, 5) is 16.5. The van der Waals surface area contributed by atoms with Gasteiger partial charge in [0.2, 0.25) is 0 Å². The van der Waals surface area contributed by atoms with Gasteiger partial charge in [0.1, 0.15) is 0 Å². The Kier molecular flexibility index (Phi) is 44.0. The van der Waals surface area contributed by atoms with E-state index in [9.17, 15) is 19.3 Å². The van der Waals surface area contributed by atoms with Crippen LogP contribution in [0.5, 0.6) is 0 Å². The number of thiophene rings is 2. The minimum atomic E-state index is 0. The largest absolute Gasteiger partial charge is 0.372 e. The third-order valence-electron chi connectivity index (χ3n) is 14.3. The number of hydrogen-bond acceptors (Lipinski definition) is 6. The molecule has 0 spiro atoms. The number of anilines is 2. The molecule has 0 saturated carbocycles. The van der Waals surface area contributed by atoms with Gasteiger partial charge in [0.25, 0.3) is 11.4 Å². The van der Waals surface area contributed by atoms with Gasteiger partial charge < -0.3 is 9.80 Å². The van der Waals surface area contributed by atoms with E-state index in [1.807, 2.05) is 96.3 Å². The van der Waals surface area contributed by atoms with Crippen molar-refractivity contribution in [3.8, 4) is 12.1 Å². The molecule has 4 aromatic carbocycles. The summed E-state index contributed by atoms with van der Waals surface area (Å²) in [5.74, 6) is 0. The molecule has 2 heterocycles. The monoisotopic (exact) mass is 1280 g/mol. The van der Waals surface area contributed by atoms with Crippen molar-refractivity contribution >= 4 is 81.7 Å². The first-order chi connectivity index (χ1) is 43.3. The summed E-state index contributed by atoms with van der Waals surface area (Å²) in [7, 11) is 1.00. The van der Waals surface area contributed by atoms with Gasteiger partial charge in [-0.3, -0.25) is 8.78 Å². The normalized spacial score (nSPS) is 11.7. The number of nitriles is 2. The fraction of sp³-hybridized carbons (Fsp3) is 0.250. The predicted octanol–water partition coefficient (Wildman–Crippen LogP) is 24.3. The maximum absolute atomic E-state index is 9.55. The highest BCUT2D eigenvalue weighted by molar-refractivity contribution is 7.15. The highest BCUT2D eigenvalue weighted by atomic mass is 32.1. The average Bonchev–Trinajstić information content (AvgIpc) is 2.00. The predicted molar refractivity (Wildman–Crippen MR) is 363 cm³/mol. The van der Waals surface area contributed by atoms with Crippen LogP contribution < -0.4 is 9.80 Å². The summed E-state index contributed by atoms with van der Waals surface area (Å²) in [5.41, 5.74) is 18.3. The van der Waals surface area contributed by atoms with Crippen molar-refractivity contribution in [3.63, 3.8) is 0 Å². The summed E-state index contributed by atoms with van der Waals surface area (Å²) in [6, 6.07) is 40.9. The second kappa shape index (κ2) is 47.8. The molecule has 6 nitrogen and oxygen atoms in total. The lowest BCUT2D eigenvalue weighted by atomic mass is 10.0. The second-order valence-electron chi connectivity index (χ2n) is 18.5. The maximum atomic E-state index is 9.55.